The molecule has 0 amide bonds. The van der Waals surface area contributed by atoms with Gasteiger partial charge in [-0.1, -0.05) is 18.2 Å². The zero-order valence-electron chi connectivity index (χ0n) is 14.1. The number of carbonyl (C=O) groups excluding carboxylic acids is 2. The van der Waals surface area contributed by atoms with Crippen molar-refractivity contribution in [2.24, 2.45) is 0 Å². The molecule has 2 heterocycles. The van der Waals surface area contributed by atoms with Gasteiger partial charge in [0.05, 0.1) is 18.7 Å². The lowest BCUT2D eigenvalue weighted by atomic mass is 10.1. The van der Waals surface area contributed by atoms with Gasteiger partial charge in [0.2, 0.25) is 0 Å². The molecule has 128 valence electrons. The van der Waals surface area contributed by atoms with Gasteiger partial charge in [0, 0.05) is 17.1 Å². The molecule has 0 saturated heterocycles. The Morgan fingerprint density at radius 1 is 1.31 bits per heavy atom. The van der Waals surface area contributed by atoms with E-state index < -0.39 is 5.97 Å². The molecule has 0 atom stereocenters. The molecule has 0 N–H and O–H groups in total. The van der Waals surface area contributed by atoms with Crippen LogP contribution in [0.3, 0.4) is 0 Å². The van der Waals surface area contributed by atoms with Crippen LogP contribution in [-0.2, 0) is 4.74 Å². The minimum atomic E-state index is -0.407. The summed E-state index contributed by atoms with van der Waals surface area (Å²) < 4.78 is 4.77. The summed E-state index contributed by atoms with van der Waals surface area (Å²) in [6, 6.07) is 10.8. The molecule has 0 spiro atoms. The second kappa shape index (κ2) is 7.30. The molecule has 26 heavy (non-hydrogen) atoms. The number of ether oxygens (including phenoxy) is 1. The maximum atomic E-state index is 12.4. The predicted molar refractivity (Wildman–Crippen MR) is 100 cm³/mol. The quantitative estimate of drug-likeness (QED) is 0.395. The van der Waals surface area contributed by atoms with Gasteiger partial charge in [0.1, 0.15) is 9.71 Å². The molecule has 0 bridgehead atoms. The van der Waals surface area contributed by atoms with Crippen LogP contribution in [0, 0.1) is 18.3 Å². The summed E-state index contributed by atoms with van der Waals surface area (Å²) >= 11 is 1.25. The lowest BCUT2D eigenvalue weighted by molar-refractivity contribution is 0.0605. The van der Waals surface area contributed by atoms with Crippen LogP contribution in [0.15, 0.2) is 42.6 Å². The number of pyridine rings is 1. The number of aromatic nitrogens is 1. The van der Waals surface area contributed by atoms with Gasteiger partial charge in [-0.2, -0.15) is 5.26 Å². The van der Waals surface area contributed by atoms with Gasteiger partial charge in [0.15, 0.2) is 5.78 Å². The van der Waals surface area contributed by atoms with Gasteiger partial charge >= 0.3 is 5.97 Å². The first-order chi connectivity index (χ1) is 12.5. The molecule has 0 radical (unpaired) electrons. The Labute approximate surface area is 154 Å². The van der Waals surface area contributed by atoms with Crippen LogP contribution in [0.4, 0.5) is 0 Å². The minimum absolute atomic E-state index is 0.202. The van der Waals surface area contributed by atoms with Crippen molar-refractivity contribution < 1.29 is 14.3 Å². The van der Waals surface area contributed by atoms with Gasteiger partial charge in [-0.05, 0) is 42.3 Å². The molecule has 1 aromatic carbocycles. The lowest BCUT2D eigenvalue weighted by Crippen LogP contribution is -1.99. The average molecular weight is 362 g/mol. The summed E-state index contributed by atoms with van der Waals surface area (Å²) in [4.78, 5) is 29.7. The highest BCUT2D eigenvalue weighted by atomic mass is 32.1. The van der Waals surface area contributed by atoms with Crippen LogP contribution in [-0.4, -0.2) is 23.8 Å². The molecular weight excluding hydrogens is 348 g/mol. The van der Waals surface area contributed by atoms with Crippen molar-refractivity contribution in [1.82, 2.24) is 4.98 Å². The predicted octanol–water partition coefficient (Wildman–Crippen LogP) is 4.16. The van der Waals surface area contributed by atoms with E-state index in [1.165, 1.54) is 30.7 Å². The van der Waals surface area contributed by atoms with E-state index in [0.717, 1.165) is 16.5 Å². The minimum Gasteiger partial charge on any atom is -0.465 e. The first-order valence-corrected chi connectivity index (χ1v) is 8.55. The number of benzene rings is 1. The second-order valence-electron chi connectivity index (χ2n) is 5.56. The fourth-order valence-electron chi connectivity index (χ4n) is 2.50. The summed E-state index contributed by atoms with van der Waals surface area (Å²) in [5.74, 6) is -0.609. The largest absolute Gasteiger partial charge is 0.465 e. The van der Waals surface area contributed by atoms with Crippen molar-refractivity contribution in [3.8, 4) is 6.07 Å². The van der Waals surface area contributed by atoms with Crippen molar-refractivity contribution in [2.75, 3.05) is 7.11 Å². The highest BCUT2D eigenvalue weighted by Gasteiger charge is 2.17. The molecule has 5 nitrogen and oxygen atoms in total. The van der Waals surface area contributed by atoms with Crippen LogP contribution in [0.1, 0.15) is 36.7 Å². The van der Waals surface area contributed by atoms with E-state index >= 15 is 0 Å². The van der Waals surface area contributed by atoms with E-state index in [9.17, 15) is 9.59 Å². The molecule has 0 saturated carbocycles. The first kappa shape index (κ1) is 17.5. The molecular formula is C20H14N2O3S. The second-order valence-corrected chi connectivity index (χ2v) is 6.56. The Morgan fingerprint density at radius 2 is 2.12 bits per heavy atom. The number of fused-ring (bicyclic) bond motifs is 1. The van der Waals surface area contributed by atoms with Gasteiger partial charge in [0.25, 0.3) is 0 Å². The third-order valence-corrected chi connectivity index (χ3v) is 5.09. The van der Waals surface area contributed by atoms with Crippen LogP contribution < -0.4 is 0 Å². The van der Waals surface area contributed by atoms with Gasteiger partial charge in [-0.25, -0.2) is 9.78 Å². The van der Waals surface area contributed by atoms with E-state index in [4.69, 9.17) is 10.00 Å². The van der Waals surface area contributed by atoms with Crippen LogP contribution in [0.2, 0.25) is 0 Å². The van der Waals surface area contributed by atoms with Gasteiger partial charge < -0.3 is 4.74 Å². The van der Waals surface area contributed by atoms with E-state index in [2.05, 4.69) is 11.1 Å². The van der Waals surface area contributed by atoms with E-state index in [1.54, 1.807) is 30.3 Å². The fourth-order valence-corrected chi connectivity index (χ4v) is 3.55. The van der Waals surface area contributed by atoms with E-state index in [-0.39, 0.29) is 5.78 Å². The number of hydrogen-bond acceptors (Lipinski definition) is 6. The Hall–Kier alpha value is -3.30. The highest BCUT2D eigenvalue weighted by Crippen LogP contribution is 2.30. The number of nitriles is 1. The summed E-state index contributed by atoms with van der Waals surface area (Å²) in [5.41, 5.74) is 2.49. The molecule has 0 aliphatic heterocycles. The summed E-state index contributed by atoms with van der Waals surface area (Å²) in [6.45, 7) is 1.81. The number of thiophene rings is 1. The number of ketones is 1. The number of esters is 1. The fraction of sp³-hybridized carbons (Fsp3) is 0.100. The molecule has 0 fully saturated rings. The summed E-state index contributed by atoms with van der Waals surface area (Å²) in [6.07, 6.45) is 4.60. The zero-order valence-corrected chi connectivity index (χ0v) is 15.0. The van der Waals surface area contributed by atoms with Crippen LogP contribution >= 0.6 is 11.3 Å². The summed E-state index contributed by atoms with van der Waals surface area (Å²) in [5, 5.41) is 9.69. The topological polar surface area (TPSA) is 80.0 Å². The van der Waals surface area contributed by atoms with Crippen molar-refractivity contribution in [3.05, 3.63) is 69.7 Å². The maximum absolute atomic E-state index is 12.4. The van der Waals surface area contributed by atoms with Crippen molar-refractivity contribution in [2.45, 2.75) is 6.92 Å². The number of allylic oxidation sites excluding steroid dienone is 1. The summed E-state index contributed by atoms with van der Waals surface area (Å²) in [7, 11) is 1.33. The maximum Gasteiger partial charge on any atom is 0.348 e. The third kappa shape index (κ3) is 3.39. The molecule has 0 unspecified atom stereocenters. The van der Waals surface area contributed by atoms with Crippen LogP contribution in [0.25, 0.3) is 16.3 Å². The normalized spacial score (nSPS) is 10.8. The molecule has 2 aromatic heterocycles. The van der Waals surface area contributed by atoms with Crippen molar-refractivity contribution in [1.29, 1.82) is 5.26 Å². The third-order valence-electron chi connectivity index (χ3n) is 3.89. The highest BCUT2D eigenvalue weighted by molar-refractivity contribution is 7.20. The van der Waals surface area contributed by atoms with Crippen molar-refractivity contribution >= 4 is 39.4 Å². The van der Waals surface area contributed by atoms with Gasteiger partial charge in [-0.15, -0.1) is 11.3 Å². The number of rotatable bonds is 4. The molecule has 3 rings (SSSR count). The Kier molecular flexibility index (Phi) is 4.92. The Bertz CT molecular complexity index is 1090. The Balaban J connectivity index is 1.91. The number of carbonyl (C=O) groups is 2. The molecule has 0 aliphatic carbocycles. The lowest BCUT2D eigenvalue weighted by Gasteiger charge is -1.98. The van der Waals surface area contributed by atoms with Crippen LogP contribution in [0.5, 0.6) is 0 Å². The van der Waals surface area contributed by atoms with E-state index in [1.807, 2.05) is 13.0 Å². The Morgan fingerprint density at radius 3 is 2.85 bits per heavy atom. The number of nitrogens with zero attached hydrogens (tertiary/aromatic N) is 2. The number of hydrogen-bond donors (Lipinski definition) is 0. The molecule has 0 aliphatic rings. The van der Waals surface area contributed by atoms with Crippen molar-refractivity contribution in [3.63, 3.8) is 0 Å². The monoisotopic (exact) mass is 362 g/mol. The smallest absolute Gasteiger partial charge is 0.348 e. The van der Waals surface area contributed by atoms with E-state index in [0.29, 0.717) is 20.8 Å². The zero-order chi connectivity index (χ0) is 18.7. The average Bonchev–Trinajstić information content (AvgIpc) is 3.01. The SMILES string of the molecule is COC(=O)c1sc2ncc(C(=O)/C=C/c3cccc(C#N)c3)cc2c1C. The standard InChI is InChI=1S/C20H14N2O3S/c1-12-16-9-15(11-22-19(16)26-18(12)20(24)25-2)17(23)7-6-13-4-3-5-14(8-13)10-21/h3-9,11H,1-2H3/b7-6+. The van der Waals surface area contributed by atoms with Gasteiger partial charge in [-0.3, -0.25) is 4.79 Å². The molecule has 3 aromatic rings. The number of methoxy groups -OCH3 is 1. The molecule has 6 heteroatoms. The number of aryl methyl sites for hydroxylation is 1. The first-order valence-electron chi connectivity index (χ1n) is 7.73.